The average Bonchev–Trinajstić information content (AvgIpc) is 2.40. The van der Waals surface area contributed by atoms with E-state index in [-0.39, 0.29) is 12.4 Å². The molecule has 1 aliphatic heterocycles. The number of ketones is 1. The van der Waals surface area contributed by atoms with Gasteiger partial charge in [-0.05, 0) is 19.1 Å². The monoisotopic (exact) mass is 249 g/mol. The van der Waals surface area contributed by atoms with Crippen molar-refractivity contribution in [3.05, 3.63) is 23.9 Å². The van der Waals surface area contributed by atoms with Gasteiger partial charge in [-0.25, -0.2) is 4.98 Å². The predicted molar refractivity (Wildman–Crippen MR) is 70.0 cm³/mol. The topological polar surface area (TPSA) is 56.7 Å². The molecule has 5 nitrogen and oxygen atoms in total. The zero-order chi connectivity index (χ0) is 13.0. The van der Waals surface area contributed by atoms with Crippen molar-refractivity contribution < 1.29 is 9.90 Å². The Labute approximate surface area is 107 Å². The molecule has 2 rings (SSSR count). The Morgan fingerprint density at radius 2 is 2.06 bits per heavy atom. The number of aliphatic hydroxyl groups is 1. The van der Waals surface area contributed by atoms with E-state index in [0.717, 1.165) is 38.5 Å². The lowest BCUT2D eigenvalue weighted by Crippen LogP contribution is -2.47. The standard InChI is InChI=1S/C13H19N3O2/c1-11(18)12-2-3-13(14-10-12)16-6-4-15(5-7-16)8-9-17/h2-3,10,17H,4-9H2,1H3. The molecule has 0 spiro atoms. The van der Waals surface area contributed by atoms with Gasteiger partial charge in [0, 0.05) is 44.5 Å². The first-order valence-corrected chi connectivity index (χ1v) is 6.26. The summed E-state index contributed by atoms with van der Waals surface area (Å²) in [5, 5.41) is 8.88. The van der Waals surface area contributed by atoms with E-state index in [0.29, 0.717) is 5.56 Å². The summed E-state index contributed by atoms with van der Waals surface area (Å²) in [5.41, 5.74) is 0.651. The van der Waals surface area contributed by atoms with Crippen molar-refractivity contribution in [1.29, 1.82) is 0 Å². The van der Waals surface area contributed by atoms with Gasteiger partial charge in [0.05, 0.1) is 6.61 Å². The molecule has 0 aromatic carbocycles. The van der Waals surface area contributed by atoms with Crippen LogP contribution in [0.2, 0.25) is 0 Å². The number of β-amino-alcohol motifs (C(OH)–C–C–N with tert-alkyl or cyclic N) is 1. The molecule has 18 heavy (non-hydrogen) atoms. The van der Waals surface area contributed by atoms with E-state index in [2.05, 4.69) is 14.8 Å². The van der Waals surface area contributed by atoms with Crippen LogP contribution in [0.3, 0.4) is 0 Å². The van der Waals surface area contributed by atoms with Gasteiger partial charge in [0.15, 0.2) is 5.78 Å². The first kappa shape index (κ1) is 13.0. The Balaban J connectivity index is 1.95. The molecule has 0 unspecified atom stereocenters. The summed E-state index contributed by atoms with van der Waals surface area (Å²) in [6, 6.07) is 3.73. The van der Waals surface area contributed by atoms with Crippen molar-refractivity contribution in [3.63, 3.8) is 0 Å². The van der Waals surface area contributed by atoms with Crippen molar-refractivity contribution in [3.8, 4) is 0 Å². The fourth-order valence-corrected chi connectivity index (χ4v) is 2.12. The number of carbonyl (C=O) groups excluding carboxylic acids is 1. The molecule has 1 aromatic rings. The van der Waals surface area contributed by atoms with Crippen molar-refractivity contribution >= 4 is 11.6 Å². The van der Waals surface area contributed by atoms with Crippen LogP contribution in [0.5, 0.6) is 0 Å². The van der Waals surface area contributed by atoms with Crippen LogP contribution in [0.4, 0.5) is 5.82 Å². The summed E-state index contributed by atoms with van der Waals surface area (Å²) in [5.74, 6) is 0.963. The van der Waals surface area contributed by atoms with E-state index in [1.807, 2.05) is 12.1 Å². The molecule has 1 fully saturated rings. The van der Waals surface area contributed by atoms with Gasteiger partial charge in [0.2, 0.25) is 0 Å². The molecule has 2 heterocycles. The molecule has 1 N–H and O–H groups in total. The number of hydrogen-bond acceptors (Lipinski definition) is 5. The number of rotatable bonds is 4. The summed E-state index contributed by atoms with van der Waals surface area (Å²) < 4.78 is 0. The van der Waals surface area contributed by atoms with Gasteiger partial charge in [-0.1, -0.05) is 0 Å². The number of aliphatic hydroxyl groups excluding tert-OH is 1. The van der Waals surface area contributed by atoms with Crippen LogP contribution in [0, 0.1) is 0 Å². The number of aromatic nitrogens is 1. The lowest BCUT2D eigenvalue weighted by atomic mass is 10.2. The van der Waals surface area contributed by atoms with Gasteiger partial charge < -0.3 is 10.0 Å². The van der Waals surface area contributed by atoms with E-state index in [1.165, 1.54) is 0 Å². The minimum absolute atomic E-state index is 0.0433. The van der Waals surface area contributed by atoms with Crippen LogP contribution in [-0.2, 0) is 0 Å². The SMILES string of the molecule is CC(=O)c1ccc(N2CCN(CCO)CC2)nc1. The number of pyridine rings is 1. The highest BCUT2D eigenvalue weighted by Gasteiger charge is 2.17. The van der Waals surface area contributed by atoms with Gasteiger partial charge in [0.25, 0.3) is 0 Å². The number of Topliss-reactive ketones (excluding diaryl/α,β-unsaturated/α-hetero) is 1. The molecule has 1 aromatic heterocycles. The zero-order valence-electron chi connectivity index (χ0n) is 10.7. The summed E-state index contributed by atoms with van der Waals surface area (Å²) in [6.07, 6.45) is 1.64. The average molecular weight is 249 g/mol. The van der Waals surface area contributed by atoms with Crippen LogP contribution in [-0.4, -0.2) is 60.1 Å². The number of hydrogen-bond donors (Lipinski definition) is 1. The maximum atomic E-state index is 11.2. The van der Waals surface area contributed by atoms with Crippen molar-refractivity contribution in [2.24, 2.45) is 0 Å². The highest BCUT2D eigenvalue weighted by Crippen LogP contribution is 2.14. The van der Waals surface area contributed by atoms with E-state index in [9.17, 15) is 4.79 Å². The Morgan fingerprint density at radius 3 is 2.56 bits per heavy atom. The lowest BCUT2D eigenvalue weighted by molar-refractivity contribution is 0.101. The van der Waals surface area contributed by atoms with Crippen molar-refractivity contribution in [1.82, 2.24) is 9.88 Å². The summed E-state index contributed by atoms with van der Waals surface area (Å²) in [4.78, 5) is 19.9. The van der Waals surface area contributed by atoms with Crippen LogP contribution in [0.25, 0.3) is 0 Å². The molecule has 0 atom stereocenters. The highest BCUT2D eigenvalue weighted by molar-refractivity contribution is 5.93. The number of anilines is 1. The summed E-state index contributed by atoms with van der Waals surface area (Å²) >= 11 is 0. The Morgan fingerprint density at radius 1 is 1.33 bits per heavy atom. The maximum Gasteiger partial charge on any atom is 0.161 e. The van der Waals surface area contributed by atoms with Crippen molar-refractivity contribution in [2.45, 2.75) is 6.92 Å². The Hall–Kier alpha value is -1.46. The molecule has 0 saturated carbocycles. The lowest BCUT2D eigenvalue weighted by Gasteiger charge is -2.35. The normalized spacial score (nSPS) is 16.9. The van der Waals surface area contributed by atoms with Crippen LogP contribution in [0.15, 0.2) is 18.3 Å². The second-order valence-corrected chi connectivity index (χ2v) is 4.51. The summed E-state index contributed by atoms with van der Waals surface area (Å²) in [6.45, 7) is 6.20. The number of nitrogens with zero attached hydrogens (tertiary/aromatic N) is 3. The van der Waals surface area contributed by atoms with Gasteiger partial charge in [-0.2, -0.15) is 0 Å². The zero-order valence-corrected chi connectivity index (χ0v) is 10.7. The third-order valence-electron chi connectivity index (χ3n) is 3.27. The highest BCUT2D eigenvalue weighted by atomic mass is 16.3. The van der Waals surface area contributed by atoms with Gasteiger partial charge in [-0.3, -0.25) is 9.69 Å². The van der Waals surface area contributed by atoms with Crippen LogP contribution in [0.1, 0.15) is 17.3 Å². The van der Waals surface area contributed by atoms with Gasteiger partial charge in [0.1, 0.15) is 5.82 Å². The summed E-state index contributed by atoms with van der Waals surface area (Å²) in [7, 11) is 0. The second kappa shape index (κ2) is 5.93. The molecule has 1 aliphatic rings. The van der Waals surface area contributed by atoms with Crippen LogP contribution >= 0.6 is 0 Å². The minimum atomic E-state index is 0.0433. The smallest absolute Gasteiger partial charge is 0.161 e. The largest absolute Gasteiger partial charge is 0.395 e. The Kier molecular flexibility index (Phi) is 4.28. The van der Waals surface area contributed by atoms with E-state index in [1.54, 1.807) is 13.1 Å². The number of piperazine rings is 1. The molecule has 0 amide bonds. The van der Waals surface area contributed by atoms with Crippen molar-refractivity contribution in [2.75, 3.05) is 44.2 Å². The molecule has 0 aliphatic carbocycles. The molecule has 1 saturated heterocycles. The molecular formula is C13H19N3O2. The third kappa shape index (κ3) is 3.05. The maximum absolute atomic E-state index is 11.2. The van der Waals surface area contributed by atoms with Gasteiger partial charge >= 0.3 is 0 Å². The fraction of sp³-hybridized carbons (Fsp3) is 0.538. The molecule has 5 heteroatoms. The van der Waals surface area contributed by atoms with E-state index < -0.39 is 0 Å². The third-order valence-corrected chi connectivity index (χ3v) is 3.27. The second-order valence-electron chi connectivity index (χ2n) is 4.51. The minimum Gasteiger partial charge on any atom is -0.395 e. The predicted octanol–water partition coefficient (Wildman–Crippen LogP) is 0.398. The Bertz CT molecular complexity index is 397. The molecule has 98 valence electrons. The molecule has 0 bridgehead atoms. The fourth-order valence-electron chi connectivity index (χ4n) is 2.12. The van der Waals surface area contributed by atoms with Crippen LogP contribution < -0.4 is 4.90 Å². The van der Waals surface area contributed by atoms with E-state index in [4.69, 9.17) is 5.11 Å². The molecular weight excluding hydrogens is 230 g/mol. The molecule has 0 radical (unpaired) electrons. The first-order valence-electron chi connectivity index (χ1n) is 6.26. The number of carbonyl (C=O) groups is 1. The van der Waals surface area contributed by atoms with E-state index >= 15 is 0 Å². The quantitative estimate of drug-likeness (QED) is 0.783. The van der Waals surface area contributed by atoms with Gasteiger partial charge in [-0.15, -0.1) is 0 Å². The first-order chi connectivity index (χ1) is 8.70.